The van der Waals surface area contributed by atoms with Crippen molar-refractivity contribution in [3.63, 3.8) is 0 Å². The van der Waals surface area contributed by atoms with Crippen LogP contribution in [-0.4, -0.2) is 23.6 Å². The fraction of sp³-hybridized carbons (Fsp3) is 0.235. The molecule has 2 aromatic carbocycles. The maximum atomic E-state index is 12.1. The molecule has 0 fully saturated rings. The van der Waals surface area contributed by atoms with E-state index in [9.17, 15) is 28.1 Å². The van der Waals surface area contributed by atoms with Crippen LogP contribution in [0.2, 0.25) is 0 Å². The average Bonchev–Trinajstić information content (AvgIpc) is 2.60. The largest absolute Gasteiger partial charge is 0.482 e. The number of nitro benzene ring substituents is 1. The number of nitro groups is 1. The highest BCUT2D eigenvalue weighted by molar-refractivity contribution is 5.81. The predicted octanol–water partition coefficient (Wildman–Crippen LogP) is 3.39. The van der Waals surface area contributed by atoms with Crippen molar-refractivity contribution in [2.45, 2.75) is 19.2 Å². The molecule has 0 heterocycles. The molecule has 0 aromatic heterocycles. The number of halogens is 3. The van der Waals surface area contributed by atoms with Crippen molar-refractivity contribution in [3.8, 4) is 5.75 Å². The van der Waals surface area contributed by atoms with Crippen LogP contribution in [0, 0.1) is 10.1 Å². The number of amides is 1. The standard InChI is InChI=1S/C17H15F3N2O4/c18-17(19,20)16(23)21-9-8-12-6-7-15(14(10-12)22(24)25)26-11-13-4-2-1-3-5-13/h1-7,10H,8-9,11H2,(H,21,23). The SMILES string of the molecule is O=C(NCCc1ccc(OCc2ccccc2)c([N+](=O)[O-])c1)C(F)(F)F. The van der Waals surface area contributed by atoms with Crippen molar-refractivity contribution in [1.29, 1.82) is 0 Å². The molecule has 9 heteroatoms. The summed E-state index contributed by atoms with van der Waals surface area (Å²) >= 11 is 0. The molecule has 26 heavy (non-hydrogen) atoms. The van der Waals surface area contributed by atoms with Gasteiger partial charge in [0.2, 0.25) is 0 Å². The van der Waals surface area contributed by atoms with Gasteiger partial charge in [0.25, 0.3) is 0 Å². The fourth-order valence-electron chi connectivity index (χ4n) is 2.14. The van der Waals surface area contributed by atoms with E-state index in [0.717, 1.165) is 5.56 Å². The first kappa shape index (κ1) is 19.2. The predicted molar refractivity (Wildman–Crippen MR) is 86.6 cm³/mol. The summed E-state index contributed by atoms with van der Waals surface area (Å²) in [4.78, 5) is 21.3. The number of rotatable bonds is 7. The second kappa shape index (κ2) is 8.32. The van der Waals surface area contributed by atoms with Gasteiger partial charge >= 0.3 is 17.8 Å². The van der Waals surface area contributed by atoms with Gasteiger partial charge in [-0.15, -0.1) is 0 Å². The number of hydrogen-bond donors (Lipinski definition) is 1. The Kier molecular flexibility index (Phi) is 6.16. The van der Waals surface area contributed by atoms with Crippen molar-refractivity contribution < 1.29 is 27.6 Å². The summed E-state index contributed by atoms with van der Waals surface area (Å²) in [7, 11) is 0. The smallest absolute Gasteiger partial charge is 0.471 e. The number of hydrogen-bond acceptors (Lipinski definition) is 4. The van der Waals surface area contributed by atoms with Crippen LogP contribution in [0.15, 0.2) is 48.5 Å². The Morgan fingerprint density at radius 2 is 1.81 bits per heavy atom. The lowest BCUT2D eigenvalue weighted by molar-refractivity contribution is -0.386. The molecule has 2 rings (SSSR count). The molecule has 2 aromatic rings. The Morgan fingerprint density at radius 3 is 2.42 bits per heavy atom. The van der Waals surface area contributed by atoms with Crippen molar-refractivity contribution >= 4 is 11.6 Å². The Hall–Kier alpha value is -3.10. The normalized spacial score (nSPS) is 11.0. The third kappa shape index (κ3) is 5.47. The third-order valence-corrected chi connectivity index (χ3v) is 3.41. The van der Waals surface area contributed by atoms with Crippen LogP contribution in [0.4, 0.5) is 18.9 Å². The highest BCUT2D eigenvalue weighted by Gasteiger charge is 2.38. The van der Waals surface area contributed by atoms with Crippen molar-refractivity contribution in [3.05, 3.63) is 69.8 Å². The van der Waals surface area contributed by atoms with Gasteiger partial charge in [-0.05, 0) is 23.6 Å². The molecule has 0 aliphatic rings. The minimum Gasteiger partial charge on any atom is -0.482 e. The molecule has 0 spiro atoms. The van der Waals surface area contributed by atoms with E-state index in [1.807, 2.05) is 30.3 Å². The number of nitrogens with zero attached hydrogens (tertiary/aromatic N) is 1. The topological polar surface area (TPSA) is 81.5 Å². The molecule has 138 valence electrons. The maximum Gasteiger partial charge on any atom is 0.471 e. The first-order valence-electron chi connectivity index (χ1n) is 7.56. The van der Waals surface area contributed by atoms with Crippen LogP contribution in [-0.2, 0) is 17.8 Å². The van der Waals surface area contributed by atoms with E-state index in [1.54, 1.807) is 5.32 Å². The van der Waals surface area contributed by atoms with Crippen LogP contribution in [0.3, 0.4) is 0 Å². The maximum absolute atomic E-state index is 12.1. The van der Waals surface area contributed by atoms with E-state index in [4.69, 9.17) is 4.74 Å². The summed E-state index contributed by atoms with van der Waals surface area (Å²) < 4.78 is 41.8. The van der Waals surface area contributed by atoms with E-state index < -0.39 is 17.0 Å². The zero-order valence-electron chi connectivity index (χ0n) is 13.5. The van der Waals surface area contributed by atoms with E-state index in [0.29, 0.717) is 5.56 Å². The molecule has 0 bridgehead atoms. The van der Waals surface area contributed by atoms with E-state index >= 15 is 0 Å². The van der Waals surface area contributed by atoms with Gasteiger partial charge in [-0.1, -0.05) is 36.4 Å². The molecule has 0 saturated carbocycles. The molecular formula is C17H15F3N2O4. The zero-order chi connectivity index (χ0) is 19.2. The summed E-state index contributed by atoms with van der Waals surface area (Å²) in [6.07, 6.45) is -4.94. The van der Waals surface area contributed by atoms with Crippen molar-refractivity contribution in [1.82, 2.24) is 5.32 Å². The minimum absolute atomic E-state index is 0.0155. The van der Waals surface area contributed by atoms with Gasteiger partial charge < -0.3 is 10.1 Å². The molecule has 6 nitrogen and oxygen atoms in total. The second-order valence-corrected chi connectivity index (χ2v) is 5.34. The summed E-state index contributed by atoms with van der Waals surface area (Å²) in [5, 5.41) is 12.9. The Bertz CT molecular complexity index is 779. The molecule has 0 radical (unpaired) electrons. The van der Waals surface area contributed by atoms with Crippen molar-refractivity contribution in [2.75, 3.05) is 6.54 Å². The lowest BCUT2D eigenvalue weighted by Gasteiger charge is -2.10. The van der Waals surface area contributed by atoms with Gasteiger partial charge in [0, 0.05) is 12.6 Å². The minimum atomic E-state index is -4.96. The highest BCUT2D eigenvalue weighted by Crippen LogP contribution is 2.29. The number of ether oxygens (including phenoxy) is 1. The lowest BCUT2D eigenvalue weighted by atomic mass is 10.1. The molecular weight excluding hydrogens is 353 g/mol. The Morgan fingerprint density at radius 1 is 1.12 bits per heavy atom. The van der Waals surface area contributed by atoms with Crippen LogP contribution in [0.1, 0.15) is 11.1 Å². The van der Waals surface area contributed by atoms with Gasteiger partial charge in [0.15, 0.2) is 5.75 Å². The Labute approximate surface area is 146 Å². The number of benzene rings is 2. The van der Waals surface area contributed by atoms with Crippen LogP contribution < -0.4 is 10.1 Å². The molecule has 0 aliphatic heterocycles. The summed E-state index contributed by atoms with van der Waals surface area (Å²) in [6.45, 7) is -0.150. The Balaban J connectivity index is 2.01. The molecule has 0 unspecified atom stereocenters. The van der Waals surface area contributed by atoms with Gasteiger partial charge in [-0.3, -0.25) is 14.9 Å². The number of carbonyl (C=O) groups is 1. The van der Waals surface area contributed by atoms with E-state index in [1.165, 1.54) is 18.2 Å². The molecule has 0 saturated heterocycles. The molecule has 1 N–H and O–H groups in total. The van der Waals surface area contributed by atoms with Crippen molar-refractivity contribution in [2.24, 2.45) is 0 Å². The first-order valence-corrected chi connectivity index (χ1v) is 7.56. The first-order chi connectivity index (χ1) is 12.3. The van der Waals surface area contributed by atoms with Gasteiger partial charge in [0.05, 0.1) is 4.92 Å². The highest BCUT2D eigenvalue weighted by atomic mass is 19.4. The molecule has 0 aliphatic carbocycles. The number of nitrogens with one attached hydrogen (secondary N) is 1. The van der Waals surface area contributed by atoms with Gasteiger partial charge in [-0.25, -0.2) is 0 Å². The summed E-state index contributed by atoms with van der Waals surface area (Å²) in [6, 6.07) is 13.2. The van der Waals surface area contributed by atoms with Crippen LogP contribution in [0.5, 0.6) is 5.75 Å². The average molecular weight is 368 g/mol. The zero-order valence-corrected chi connectivity index (χ0v) is 13.5. The number of alkyl halides is 3. The van der Waals surface area contributed by atoms with Gasteiger partial charge in [-0.2, -0.15) is 13.2 Å². The fourth-order valence-corrected chi connectivity index (χ4v) is 2.14. The molecule has 1 amide bonds. The summed E-state index contributed by atoms with van der Waals surface area (Å²) in [5.74, 6) is -1.99. The van der Waals surface area contributed by atoms with Crippen LogP contribution >= 0.6 is 0 Å². The third-order valence-electron chi connectivity index (χ3n) is 3.41. The quantitative estimate of drug-likeness (QED) is 0.600. The monoisotopic (exact) mass is 368 g/mol. The lowest BCUT2D eigenvalue weighted by Crippen LogP contribution is -2.37. The number of carbonyl (C=O) groups excluding carboxylic acids is 1. The van der Waals surface area contributed by atoms with E-state index in [-0.39, 0.29) is 31.0 Å². The van der Waals surface area contributed by atoms with Crippen LogP contribution in [0.25, 0.3) is 0 Å². The van der Waals surface area contributed by atoms with E-state index in [2.05, 4.69) is 0 Å². The second-order valence-electron chi connectivity index (χ2n) is 5.34. The molecule has 0 atom stereocenters. The van der Waals surface area contributed by atoms with Gasteiger partial charge in [0.1, 0.15) is 6.61 Å². The summed E-state index contributed by atoms with van der Waals surface area (Å²) in [5.41, 5.74) is 0.951.